The molecule has 0 saturated heterocycles. The molecular weight excluding hydrogens is 234 g/mol. The first kappa shape index (κ1) is 11.6. The third-order valence-corrected chi connectivity index (χ3v) is 4.29. The molecule has 0 aromatic heterocycles. The topological polar surface area (TPSA) is 90.8 Å². The molecule has 2 amide bonds. The lowest BCUT2D eigenvalue weighted by molar-refractivity contribution is -0.120. The van der Waals surface area contributed by atoms with Crippen LogP contribution in [-0.2, 0) is 9.59 Å². The lowest BCUT2D eigenvalue weighted by atomic mass is 9.83. The number of amides is 2. The van der Waals surface area contributed by atoms with E-state index < -0.39 is 0 Å². The largest absolute Gasteiger partial charge is 0.393 e. The first-order chi connectivity index (χ1) is 8.63. The summed E-state index contributed by atoms with van der Waals surface area (Å²) in [4.78, 5) is 22.8. The molecule has 2 unspecified atom stereocenters. The van der Waals surface area contributed by atoms with E-state index in [1.807, 2.05) is 0 Å². The van der Waals surface area contributed by atoms with Crippen LogP contribution in [0, 0.1) is 11.8 Å². The normalized spacial score (nSPS) is 38.3. The van der Waals surface area contributed by atoms with Crippen LogP contribution in [0.3, 0.4) is 0 Å². The molecule has 18 heavy (non-hydrogen) atoms. The van der Waals surface area contributed by atoms with Crippen LogP contribution >= 0.6 is 0 Å². The van der Waals surface area contributed by atoms with E-state index in [1.54, 1.807) is 0 Å². The van der Waals surface area contributed by atoms with E-state index in [1.165, 1.54) is 0 Å². The Morgan fingerprint density at radius 2 is 2.00 bits per heavy atom. The molecular formula is C12H17N3O3. The van der Waals surface area contributed by atoms with Crippen molar-refractivity contribution >= 4 is 17.5 Å². The van der Waals surface area contributed by atoms with E-state index in [-0.39, 0.29) is 36.1 Å². The molecule has 2 saturated carbocycles. The number of aliphatic hydroxyl groups is 1. The average Bonchev–Trinajstić information content (AvgIpc) is 2.82. The fourth-order valence-corrected chi connectivity index (χ4v) is 3.37. The maximum Gasteiger partial charge on any atom is 0.268 e. The summed E-state index contributed by atoms with van der Waals surface area (Å²) < 4.78 is 0. The number of carbonyl (C=O) groups is 2. The lowest BCUT2D eigenvalue weighted by Gasteiger charge is -2.32. The van der Waals surface area contributed by atoms with Crippen LogP contribution in [0.5, 0.6) is 0 Å². The van der Waals surface area contributed by atoms with Crippen LogP contribution in [0.15, 0.2) is 5.10 Å². The van der Waals surface area contributed by atoms with E-state index in [0.717, 1.165) is 25.7 Å². The van der Waals surface area contributed by atoms with Gasteiger partial charge in [-0.3, -0.25) is 9.59 Å². The third-order valence-electron chi connectivity index (χ3n) is 4.29. The number of carbonyl (C=O) groups excluding carboxylic acids is 2. The first-order valence-corrected chi connectivity index (χ1v) is 6.48. The van der Waals surface area contributed by atoms with Crippen LogP contribution < -0.4 is 10.7 Å². The number of rotatable bonds is 2. The summed E-state index contributed by atoms with van der Waals surface area (Å²) >= 11 is 0. The minimum atomic E-state index is -0.255. The molecule has 2 bridgehead atoms. The van der Waals surface area contributed by atoms with Crippen molar-refractivity contribution in [3.05, 3.63) is 0 Å². The van der Waals surface area contributed by atoms with Gasteiger partial charge in [-0.15, -0.1) is 0 Å². The van der Waals surface area contributed by atoms with Crippen molar-refractivity contribution in [2.75, 3.05) is 0 Å². The Morgan fingerprint density at radius 3 is 2.56 bits per heavy atom. The molecule has 0 aromatic rings. The highest BCUT2D eigenvalue weighted by atomic mass is 16.3. The van der Waals surface area contributed by atoms with Crippen molar-refractivity contribution in [2.45, 2.75) is 44.2 Å². The number of hydrogen-bond acceptors (Lipinski definition) is 4. The summed E-state index contributed by atoms with van der Waals surface area (Å²) in [5.41, 5.74) is 2.54. The fourth-order valence-electron chi connectivity index (χ4n) is 3.37. The van der Waals surface area contributed by atoms with Gasteiger partial charge >= 0.3 is 0 Å². The summed E-state index contributed by atoms with van der Waals surface area (Å²) in [7, 11) is 0. The Morgan fingerprint density at radius 1 is 1.33 bits per heavy atom. The van der Waals surface area contributed by atoms with Crippen LogP contribution in [0.25, 0.3) is 0 Å². The SMILES string of the molecule is O=C1CC(C(=O)NC2C[C@H]3CC[C@@H](C2)C3O)=NN1. The summed E-state index contributed by atoms with van der Waals surface area (Å²) in [5.74, 6) is 0.145. The van der Waals surface area contributed by atoms with Gasteiger partial charge in [0, 0.05) is 6.04 Å². The molecule has 3 rings (SSSR count). The Balaban J connectivity index is 1.58. The Labute approximate surface area is 105 Å². The molecule has 0 radical (unpaired) electrons. The number of aliphatic hydroxyl groups excluding tert-OH is 1. The number of hydrazone groups is 1. The predicted octanol–water partition coefficient (Wildman–Crippen LogP) is -0.472. The molecule has 0 spiro atoms. The van der Waals surface area contributed by atoms with Crippen molar-refractivity contribution < 1.29 is 14.7 Å². The zero-order valence-electron chi connectivity index (χ0n) is 10.1. The second-order valence-electron chi connectivity index (χ2n) is 5.50. The molecule has 6 nitrogen and oxygen atoms in total. The highest BCUT2D eigenvalue weighted by Crippen LogP contribution is 2.42. The maximum absolute atomic E-state index is 11.9. The summed E-state index contributed by atoms with van der Waals surface area (Å²) in [6, 6.07) is 0.108. The minimum absolute atomic E-state index is 0.0635. The first-order valence-electron chi connectivity index (χ1n) is 6.48. The highest BCUT2D eigenvalue weighted by molar-refractivity contribution is 6.43. The molecule has 1 heterocycles. The van der Waals surface area contributed by atoms with E-state index >= 15 is 0 Å². The van der Waals surface area contributed by atoms with Crippen molar-refractivity contribution in [3.63, 3.8) is 0 Å². The number of nitrogens with one attached hydrogen (secondary N) is 2. The molecule has 3 aliphatic rings. The quantitative estimate of drug-likeness (QED) is 0.619. The van der Waals surface area contributed by atoms with Crippen LogP contribution in [0.4, 0.5) is 0 Å². The highest BCUT2D eigenvalue weighted by Gasteiger charge is 2.42. The monoisotopic (exact) mass is 251 g/mol. The van der Waals surface area contributed by atoms with Gasteiger partial charge in [-0.1, -0.05) is 0 Å². The molecule has 98 valence electrons. The zero-order chi connectivity index (χ0) is 12.7. The van der Waals surface area contributed by atoms with Crippen molar-refractivity contribution in [3.8, 4) is 0 Å². The van der Waals surface area contributed by atoms with Gasteiger partial charge < -0.3 is 10.4 Å². The molecule has 0 aromatic carbocycles. The van der Waals surface area contributed by atoms with E-state index in [4.69, 9.17) is 0 Å². The van der Waals surface area contributed by atoms with Gasteiger partial charge in [0.2, 0.25) is 5.91 Å². The second-order valence-corrected chi connectivity index (χ2v) is 5.50. The summed E-state index contributed by atoms with van der Waals surface area (Å²) in [6.45, 7) is 0. The van der Waals surface area contributed by atoms with Gasteiger partial charge in [0.1, 0.15) is 5.71 Å². The smallest absolute Gasteiger partial charge is 0.268 e. The molecule has 2 aliphatic carbocycles. The van der Waals surface area contributed by atoms with Gasteiger partial charge in [0.15, 0.2) is 0 Å². The maximum atomic E-state index is 11.9. The lowest BCUT2D eigenvalue weighted by Crippen LogP contribution is -2.45. The van der Waals surface area contributed by atoms with E-state index in [2.05, 4.69) is 15.8 Å². The van der Waals surface area contributed by atoms with E-state index in [9.17, 15) is 14.7 Å². The number of nitrogens with zero attached hydrogens (tertiary/aromatic N) is 1. The van der Waals surface area contributed by atoms with Gasteiger partial charge in [-0.25, -0.2) is 5.43 Å². The standard InChI is InChI=1S/C12H17N3O3/c16-10-5-9(14-15-10)12(18)13-8-3-6-1-2-7(4-8)11(6)17/h6-8,11,17H,1-5H2,(H,13,18)(H,15,16)/t6-,7+,8?,11?. The Hall–Kier alpha value is -1.43. The second kappa shape index (κ2) is 4.35. The van der Waals surface area contributed by atoms with Gasteiger partial charge in [0.05, 0.1) is 12.5 Å². The Bertz CT molecular complexity index is 407. The van der Waals surface area contributed by atoms with Crippen molar-refractivity contribution in [1.29, 1.82) is 0 Å². The predicted molar refractivity (Wildman–Crippen MR) is 63.6 cm³/mol. The number of hydrogen-bond donors (Lipinski definition) is 3. The van der Waals surface area contributed by atoms with Gasteiger partial charge in [-0.05, 0) is 37.5 Å². The third kappa shape index (κ3) is 2.01. The van der Waals surface area contributed by atoms with Crippen LogP contribution in [0.1, 0.15) is 32.1 Å². The Kier molecular flexibility index (Phi) is 2.81. The van der Waals surface area contributed by atoms with Crippen LogP contribution in [0.2, 0.25) is 0 Å². The molecule has 6 heteroatoms. The van der Waals surface area contributed by atoms with Crippen LogP contribution in [-0.4, -0.2) is 34.8 Å². The molecule has 3 N–H and O–H groups in total. The molecule has 4 atom stereocenters. The fraction of sp³-hybridized carbons (Fsp3) is 0.750. The summed E-state index contributed by atoms with van der Waals surface area (Å²) in [5, 5.41) is 16.6. The van der Waals surface area contributed by atoms with E-state index in [0.29, 0.717) is 11.8 Å². The zero-order valence-corrected chi connectivity index (χ0v) is 10.1. The average molecular weight is 251 g/mol. The van der Waals surface area contributed by atoms with Gasteiger partial charge in [0.25, 0.3) is 5.91 Å². The molecule has 1 aliphatic heterocycles. The number of fused-ring (bicyclic) bond motifs is 2. The van der Waals surface area contributed by atoms with Crippen molar-refractivity contribution in [1.82, 2.24) is 10.7 Å². The molecule has 2 fully saturated rings. The summed E-state index contributed by atoms with van der Waals surface area (Å²) in [6.07, 6.45) is 3.65. The minimum Gasteiger partial charge on any atom is -0.393 e. The van der Waals surface area contributed by atoms with Crippen molar-refractivity contribution in [2.24, 2.45) is 16.9 Å². The van der Waals surface area contributed by atoms with Gasteiger partial charge in [-0.2, -0.15) is 5.10 Å².